The van der Waals surface area contributed by atoms with Gasteiger partial charge in [0.2, 0.25) is 0 Å². The van der Waals surface area contributed by atoms with Gasteiger partial charge in [0, 0.05) is 26.4 Å². The predicted octanol–water partition coefficient (Wildman–Crippen LogP) is 3.20. The molecule has 0 saturated heterocycles. The van der Waals surface area contributed by atoms with Crippen LogP contribution in [0.2, 0.25) is 0 Å². The Bertz CT molecular complexity index is 989. The molecular weight excluding hydrogens is 419 g/mol. The van der Waals surface area contributed by atoms with E-state index in [0.29, 0.717) is 35.9 Å². The van der Waals surface area contributed by atoms with E-state index in [2.05, 4.69) is 20.4 Å². The average Bonchev–Trinajstić information content (AvgIpc) is 2.63. The van der Waals surface area contributed by atoms with E-state index in [1.807, 2.05) is 0 Å². The van der Waals surface area contributed by atoms with Crippen molar-refractivity contribution in [3.63, 3.8) is 0 Å². The molecule has 0 bridgehead atoms. The molecule has 0 aliphatic rings. The second-order valence-corrected chi connectivity index (χ2v) is 8.65. The van der Waals surface area contributed by atoms with Crippen LogP contribution in [0.1, 0.15) is 16.7 Å². The minimum absolute atomic E-state index is 0.256. The van der Waals surface area contributed by atoms with Gasteiger partial charge >= 0.3 is 6.36 Å². The molecule has 2 aromatic carbocycles. The van der Waals surface area contributed by atoms with E-state index in [0.717, 1.165) is 11.1 Å². The van der Waals surface area contributed by atoms with Crippen molar-refractivity contribution in [2.24, 2.45) is 4.99 Å². The van der Waals surface area contributed by atoms with E-state index in [9.17, 15) is 21.6 Å². The molecule has 0 aliphatic carbocycles. The molecule has 0 aliphatic heterocycles. The van der Waals surface area contributed by atoms with Crippen molar-refractivity contribution in [3.05, 3.63) is 59.2 Å². The molecule has 0 heterocycles. The Hall–Kier alpha value is -2.75. The molecule has 0 aromatic heterocycles. The molecular formula is C20H24F3N3O3S. The number of hydrogen-bond acceptors (Lipinski definition) is 4. The monoisotopic (exact) mass is 443 g/mol. The number of ether oxygens (including phenoxy) is 1. The number of guanidine groups is 1. The third-order valence-corrected chi connectivity index (χ3v) is 5.44. The van der Waals surface area contributed by atoms with Crippen molar-refractivity contribution in [2.75, 3.05) is 19.8 Å². The molecule has 30 heavy (non-hydrogen) atoms. The number of hydrogen-bond donors (Lipinski definition) is 2. The standard InChI is InChI=1S/C20H24F3N3O3S/c1-14-12-16(6-9-18(14)30(3,27)28)13-26-19(24-2)25-11-10-15-4-7-17(8-5-15)29-20(21,22)23/h4-9,12H,10-11,13H2,1-3H3,(H2,24,25,26). The van der Waals surface area contributed by atoms with Gasteiger partial charge in [-0.1, -0.05) is 24.3 Å². The van der Waals surface area contributed by atoms with Crippen LogP contribution in [0.25, 0.3) is 0 Å². The molecule has 0 radical (unpaired) electrons. The summed E-state index contributed by atoms with van der Waals surface area (Å²) in [7, 11) is -1.63. The van der Waals surface area contributed by atoms with E-state index in [-0.39, 0.29) is 5.75 Å². The van der Waals surface area contributed by atoms with Crippen LogP contribution in [-0.2, 0) is 22.8 Å². The Morgan fingerprint density at radius 1 is 1.07 bits per heavy atom. The van der Waals surface area contributed by atoms with Gasteiger partial charge in [0.1, 0.15) is 5.75 Å². The molecule has 0 unspecified atom stereocenters. The van der Waals surface area contributed by atoms with Crippen molar-refractivity contribution in [1.29, 1.82) is 0 Å². The van der Waals surface area contributed by atoms with E-state index in [1.54, 1.807) is 44.3 Å². The summed E-state index contributed by atoms with van der Waals surface area (Å²) in [4.78, 5) is 4.43. The minimum atomic E-state index is -4.70. The molecule has 0 spiro atoms. The largest absolute Gasteiger partial charge is 0.573 e. The Morgan fingerprint density at radius 3 is 2.23 bits per heavy atom. The van der Waals surface area contributed by atoms with Gasteiger partial charge in [-0.3, -0.25) is 4.99 Å². The highest BCUT2D eigenvalue weighted by Crippen LogP contribution is 2.22. The Kier molecular flexibility index (Phi) is 7.71. The first-order valence-electron chi connectivity index (χ1n) is 9.07. The fraction of sp³-hybridized carbons (Fsp3) is 0.350. The summed E-state index contributed by atoms with van der Waals surface area (Å²) < 4.78 is 63.8. The normalized spacial score (nSPS) is 12.5. The quantitative estimate of drug-likeness (QED) is 0.508. The molecule has 10 heteroatoms. The van der Waals surface area contributed by atoms with Gasteiger partial charge in [0.15, 0.2) is 15.8 Å². The number of nitrogens with one attached hydrogen (secondary N) is 2. The second kappa shape index (κ2) is 9.84. The highest BCUT2D eigenvalue weighted by molar-refractivity contribution is 7.90. The number of aryl methyl sites for hydroxylation is 1. The molecule has 2 aromatic rings. The van der Waals surface area contributed by atoms with Crippen LogP contribution in [0, 0.1) is 6.92 Å². The van der Waals surface area contributed by atoms with Gasteiger partial charge in [-0.15, -0.1) is 13.2 Å². The average molecular weight is 443 g/mol. The van der Waals surface area contributed by atoms with E-state index in [4.69, 9.17) is 0 Å². The summed E-state index contributed by atoms with van der Waals surface area (Å²) in [5.74, 6) is 0.297. The molecule has 6 nitrogen and oxygen atoms in total. The first-order valence-corrected chi connectivity index (χ1v) is 11.0. The Balaban J connectivity index is 1.83. The van der Waals surface area contributed by atoms with Crippen LogP contribution in [0.15, 0.2) is 52.4 Å². The summed E-state index contributed by atoms with van der Waals surface area (Å²) in [6.45, 7) is 2.72. The SMILES string of the molecule is CN=C(NCCc1ccc(OC(F)(F)F)cc1)NCc1ccc(S(C)(=O)=O)c(C)c1. The van der Waals surface area contributed by atoms with Crippen LogP contribution in [0.4, 0.5) is 13.2 Å². The van der Waals surface area contributed by atoms with Gasteiger partial charge < -0.3 is 15.4 Å². The molecule has 2 N–H and O–H groups in total. The van der Waals surface area contributed by atoms with Gasteiger partial charge in [0.25, 0.3) is 0 Å². The lowest BCUT2D eigenvalue weighted by atomic mass is 10.1. The maximum absolute atomic E-state index is 12.2. The van der Waals surface area contributed by atoms with Crippen molar-refractivity contribution in [2.45, 2.75) is 31.1 Å². The number of benzene rings is 2. The van der Waals surface area contributed by atoms with E-state index in [1.165, 1.54) is 18.4 Å². The fourth-order valence-corrected chi connectivity index (χ4v) is 3.79. The van der Waals surface area contributed by atoms with Gasteiger partial charge in [0.05, 0.1) is 4.90 Å². The zero-order valence-electron chi connectivity index (χ0n) is 16.9. The minimum Gasteiger partial charge on any atom is -0.406 e. The van der Waals surface area contributed by atoms with Crippen LogP contribution >= 0.6 is 0 Å². The zero-order valence-corrected chi connectivity index (χ0v) is 17.7. The van der Waals surface area contributed by atoms with Crippen molar-refractivity contribution >= 4 is 15.8 Å². The zero-order chi connectivity index (χ0) is 22.4. The topological polar surface area (TPSA) is 79.8 Å². The fourth-order valence-electron chi connectivity index (χ4n) is 2.83. The molecule has 164 valence electrons. The summed E-state index contributed by atoms with van der Waals surface area (Å²) in [5, 5.41) is 6.26. The summed E-state index contributed by atoms with van der Waals surface area (Å²) in [6.07, 6.45) is -2.95. The van der Waals surface area contributed by atoms with Crippen LogP contribution < -0.4 is 15.4 Å². The summed E-state index contributed by atoms with van der Waals surface area (Å²) in [6, 6.07) is 10.8. The van der Waals surface area contributed by atoms with Gasteiger partial charge in [-0.25, -0.2) is 8.42 Å². The lowest BCUT2D eigenvalue weighted by molar-refractivity contribution is -0.274. The number of sulfone groups is 1. The smallest absolute Gasteiger partial charge is 0.406 e. The highest BCUT2D eigenvalue weighted by atomic mass is 32.2. The molecule has 0 atom stereocenters. The lowest BCUT2D eigenvalue weighted by Crippen LogP contribution is -2.37. The molecule has 0 saturated carbocycles. The summed E-state index contributed by atoms with van der Waals surface area (Å²) in [5.41, 5.74) is 2.43. The first kappa shape index (κ1) is 23.5. The third-order valence-electron chi connectivity index (χ3n) is 4.19. The third kappa shape index (κ3) is 7.58. The maximum atomic E-state index is 12.2. The molecule has 0 fully saturated rings. The van der Waals surface area contributed by atoms with Gasteiger partial charge in [-0.05, 0) is 48.2 Å². The Morgan fingerprint density at radius 2 is 1.70 bits per heavy atom. The predicted molar refractivity (Wildman–Crippen MR) is 109 cm³/mol. The van der Waals surface area contributed by atoms with Crippen LogP contribution in [-0.4, -0.2) is 40.6 Å². The number of halogens is 3. The summed E-state index contributed by atoms with van der Waals surface area (Å²) >= 11 is 0. The van der Waals surface area contributed by atoms with Crippen molar-refractivity contribution in [1.82, 2.24) is 10.6 Å². The Labute approximate surface area is 174 Å². The number of nitrogens with zero attached hydrogens (tertiary/aromatic N) is 1. The van der Waals surface area contributed by atoms with Crippen molar-refractivity contribution < 1.29 is 26.3 Å². The van der Waals surface area contributed by atoms with Crippen LogP contribution in [0.5, 0.6) is 5.75 Å². The number of rotatable bonds is 7. The number of alkyl halides is 3. The second-order valence-electron chi connectivity index (χ2n) is 6.67. The highest BCUT2D eigenvalue weighted by Gasteiger charge is 2.30. The maximum Gasteiger partial charge on any atom is 0.573 e. The van der Waals surface area contributed by atoms with E-state index < -0.39 is 16.2 Å². The van der Waals surface area contributed by atoms with Crippen molar-refractivity contribution in [3.8, 4) is 5.75 Å². The number of aliphatic imine (C=N–C) groups is 1. The first-order chi connectivity index (χ1) is 14.0. The molecule has 0 amide bonds. The molecule has 2 rings (SSSR count). The lowest BCUT2D eigenvalue weighted by Gasteiger charge is -2.13. The van der Waals surface area contributed by atoms with Gasteiger partial charge in [-0.2, -0.15) is 0 Å². The van der Waals surface area contributed by atoms with E-state index >= 15 is 0 Å². The van der Waals surface area contributed by atoms with Crippen LogP contribution in [0.3, 0.4) is 0 Å².